The Morgan fingerprint density at radius 1 is 1.38 bits per heavy atom. The van der Waals surface area contributed by atoms with E-state index in [4.69, 9.17) is 5.73 Å². The van der Waals surface area contributed by atoms with Gasteiger partial charge in [-0.1, -0.05) is 11.8 Å². The molecule has 0 aliphatic rings. The van der Waals surface area contributed by atoms with Crippen LogP contribution in [0.1, 0.15) is 24.7 Å². The van der Waals surface area contributed by atoms with Gasteiger partial charge in [0.25, 0.3) is 0 Å². The number of rotatable bonds is 5. The van der Waals surface area contributed by atoms with Gasteiger partial charge in [-0.05, 0) is 33.3 Å². The van der Waals surface area contributed by atoms with Crippen LogP contribution in [0.15, 0.2) is 11.2 Å². The van der Waals surface area contributed by atoms with E-state index in [2.05, 4.69) is 9.97 Å². The minimum absolute atomic E-state index is 0.279. The van der Waals surface area contributed by atoms with E-state index >= 15 is 0 Å². The lowest BCUT2D eigenvalue weighted by atomic mass is 10.1. The summed E-state index contributed by atoms with van der Waals surface area (Å²) in [7, 11) is 0. The third-order valence-corrected chi connectivity index (χ3v) is 3.12. The van der Waals surface area contributed by atoms with E-state index in [0.717, 1.165) is 22.3 Å². The van der Waals surface area contributed by atoms with Gasteiger partial charge in [-0.15, -0.1) is 0 Å². The molecule has 0 radical (unpaired) electrons. The van der Waals surface area contributed by atoms with E-state index in [1.807, 2.05) is 19.9 Å². The number of aromatic nitrogens is 2. The van der Waals surface area contributed by atoms with Gasteiger partial charge < -0.3 is 10.8 Å². The Labute approximate surface area is 101 Å². The molecule has 0 amide bonds. The van der Waals surface area contributed by atoms with Crippen molar-refractivity contribution in [3.05, 3.63) is 17.5 Å². The molecule has 0 spiro atoms. The van der Waals surface area contributed by atoms with Gasteiger partial charge in [0.05, 0.1) is 5.60 Å². The Kier molecular flexibility index (Phi) is 4.70. The second kappa shape index (κ2) is 5.61. The van der Waals surface area contributed by atoms with E-state index < -0.39 is 5.60 Å². The van der Waals surface area contributed by atoms with Crippen LogP contribution in [0.3, 0.4) is 0 Å². The van der Waals surface area contributed by atoms with Gasteiger partial charge in [0.15, 0.2) is 5.16 Å². The lowest BCUT2D eigenvalue weighted by Gasteiger charge is -2.20. The first kappa shape index (κ1) is 13.4. The summed E-state index contributed by atoms with van der Waals surface area (Å²) in [5, 5.41) is 10.5. The van der Waals surface area contributed by atoms with E-state index in [1.165, 1.54) is 0 Å². The molecule has 1 unspecified atom stereocenters. The summed E-state index contributed by atoms with van der Waals surface area (Å²) in [6.45, 7) is 5.93. The fourth-order valence-corrected chi connectivity index (χ4v) is 2.36. The largest absolute Gasteiger partial charge is 0.389 e. The van der Waals surface area contributed by atoms with E-state index in [-0.39, 0.29) is 6.54 Å². The summed E-state index contributed by atoms with van der Waals surface area (Å²) in [6.07, 6.45) is 0.643. The van der Waals surface area contributed by atoms with Crippen LogP contribution in [0, 0.1) is 13.8 Å². The van der Waals surface area contributed by atoms with E-state index in [9.17, 15) is 5.11 Å². The minimum atomic E-state index is -0.786. The summed E-state index contributed by atoms with van der Waals surface area (Å²) in [5.41, 5.74) is 6.60. The summed E-state index contributed by atoms with van der Waals surface area (Å²) >= 11 is 1.55. The number of hydrogen-bond acceptors (Lipinski definition) is 5. The quantitative estimate of drug-likeness (QED) is 0.600. The summed E-state index contributed by atoms with van der Waals surface area (Å²) in [6, 6.07) is 1.94. The molecule has 0 aliphatic heterocycles. The highest BCUT2D eigenvalue weighted by atomic mass is 32.2. The SMILES string of the molecule is Cc1cc(C)nc(SCCC(C)(O)CN)n1. The maximum atomic E-state index is 9.73. The maximum Gasteiger partial charge on any atom is 0.187 e. The molecule has 16 heavy (non-hydrogen) atoms. The number of thioether (sulfide) groups is 1. The Balaban J connectivity index is 2.49. The zero-order valence-corrected chi connectivity index (χ0v) is 10.8. The molecule has 90 valence electrons. The highest BCUT2D eigenvalue weighted by Crippen LogP contribution is 2.18. The average molecular weight is 241 g/mol. The van der Waals surface area contributed by atoms with Crippen LogP contribution < -0.4 is 5.73 Å². The molecule has 0 fully saturated rings. The molecule has 0 saturated carbocycles. The Hall–Kier alpha value is -0.650. The molecule has 1 atom stereocenters. The van der Waals surface area contributed by atoms with Gasteiger partial charge in [-0.3, -0.25) is 0 Å². The average Bonchev–Trinajstić information content (AvgIpc) is 2.16. The molecule has 4 nitrogen and oxygen atoms in total. The maximum absolute atomic E-state index is 9.73. The third-order valence-electron chi connectivity index (χ3n) is 2.27. The molecule has 3 N–H and O–H groups in total. The summed E-state index contributed by atoms with van der Waals surface area (Å²) < 4.78 is 0. The van der Waals surface area contributed by atoms with Gasteiger partial charge in [0, 0.05) is 23.7 Å². The lowest BCUT2D eigenvalue weighted by Crippen LogP contribution is -2.34. The van der Waals surface area contributed by atoms with E-state index in [1.54, 1.807) is 18.7 Å². The molecule has 0 saturated heterocycles. The Morgan fingerprint density at radius 3 is 2.44 bits per heavy atom. The van der Waals surface area contributed by atoms with Crippen LogP contribution >= 0.6 is 11.8 Å². The second-order valence-corrected chi connectivity index (χ2v) is 5.29. The van der Waals surface area contributed by atoms with Crippen LogP contribution in [0.4, 0.5) is 0 Å². The van der Waals surface area contributed by atoms with Gasteiger partial charge in [-0.2, -0.15) is 0 Å². The smallest absolute Gasteiger partial charge is 0.187 e. The van der Waals surface area contributed by atoms with Crippen LogP contribution in [-0.4, -0.2) is 33.0 Å². The van der Waals surface area contributed by atoms with Gasteiger partial charge in [0.1, 0.15) is 0 Å². The predicted octanol–water partition coefficient (Wildman–Crippen LogP) is 1.29. The summed E-state index contributed by atoms with van der Waals surface area (Å²) in [5.74, 6) is 0.771. The first-order chi connectivity index (χ1) is 7.43. The zero-order valence-electron chi connectivity index (χ0n) is 10.0. The number of aryl methyl sites for hydroxylation is 2. The third kappa shape index (κ3) is 4.47. The van der Waals surface area contributed by atoms with Crippen molar-refractivity contribution in [3.8, 4) is 0 Å². The molecule has 5 heteroatoms. The first-order valence-corrected chi connectivity index (χ1v) is 6.29. The van der Waals surface area contributed by atoms with Crippen LogP contribution in [0.25, 0.3) is 0 Å². The topological polar surface area (TPSA) is 72.0 Å². The zero-order chi connectivity index (χ0) is 12.2. The molecule has 0 bridgehead atoms. The van der Waals surface area contributed by atoms with Gasteiger partial charge in [-0.25, -0.2) is 9.97 Å². The van der Waals surface area contributed by atoms with Crippen LogP contribution in [0.2, 0.25) is 0 Å². The molecule has 1 rings (SSSR count). The van der Waals surface area contributed by atoms with Crippen molar-refractivity contribution in [2.75, 3.05) is 12.3 Å². The normalized spacial score (nSPS) is 14.8. The Morgan fingerprint density at radius 2 is 1.94 bits per heavy atom. The van der Waals surface area contributed by atoms with Gasteiger partial charge in [0.2, 0.25) is 0 Å². The highest BCUT2D eigenvalue weighted by molar-refractivity contribution is 7.99. The number of hydrogen-bond donors (Lipinski definition) is 2. The van der Waals surface area contributed by atoms with Crippen molar-refractivity contribution in [3.63, 3.8) is 0 Å². The molecule has 1 aromatic heterocycles. The van der Waals surface area contributed by atoms with Crippen molar-refractivity contribution >= 4 is 11.8 Å². The molecular weight excluding hydrogens is 222 g/mol. The number of nitrogens with two attached hydrogens (primary N) is 1. The lowest BCUT2D eigenvalue weighted by molar-refractivity contribution is 0.0665. The standard InChI is InChI=1S/C11H19N3OS/c1-8-6-9(2)14-10(13-8)16-5-4-11(3,15)7-12/h6,15H,4-5,7,12H2,1-3H3. The number of aliphatic hydroxyl groups is 1. The van der Waals surface area contributed by atoms with Crippen molar-refractivity contribution in [1.82, 2.24) is 9.97 Å². The van der Waals surface area contributed by atoms with Crippen molar-refractivity contribution in [1.29, 1.82) is 0 Å². The second-order valence-electron chi connectivity index (χ2n) is 4.23. The number of nitrogens with zero attached hydrogens (tertiary/aromatic N) is 2. The fourth-order valence-electron chi connectivity index (χ4n) is 1.22. The van der Waals surface area contributed by atoms with E-state index in [0.29, 0.717) is 6.42 Å². The summed E-state index contributed by atoms with van der Waals surface area (Å²) in [4.78, 5) is 8.64. The molecule has 1 aromatic rings. The molecule has 0 aromatic carbocycles. The predicted molar refractivity (Wildman–Crippen MR) is 66.5 cm³/mol. The highest BCUT2D eigenvalue weighted by Gasteiger charge is 2.17. The molecular formula is C11H19N3OS. The van der Waals surface area contributed by atoms with Crippen molar-refractivity contribution < 1.29 is 5.11 Å². The molecule has 1 heterocycles. The van der Waals surface area contributed by atoms with Gasteiger partial charge >= 0.3 is 0 Å². The van der Waals surface area contributed by atoms with Crippen molar-refractivity contribution in [2.24, 2.45) is 5.73 Å². The van der Waals surface area contributed by atoms with Crippen LogP contribution in [0.5, 0.6) is 0 Å². The van der Waals surface area contributed by atoms with Crippen LogP contribution in [-0.2, 0) is 0 Å². The molecule has 0 aliphatic carbocycles. The van der Waals surface area contributed by atoms with Crippen molar-refractivity contribution in [2.45, 2.75) is 37.9 Å². The fraction of sp³-hybridized carbons (Fsp3) is 0.636. The monoisotopic (exact) mass is 241 g/mol. The first-order valence-electron chi connectivity index (χ1n) is 5.30. The Bertz CT molecular complexity index is 335. The minimum Gasteiger partial charge on any atom is -0.389 e.